The van der Waals surface area contributed by atoms with Crippen LogP contribution >= 0.6 is 0 Å². The molecule has 0 aliphatic heterocycles. The van der Waals surface area contributed by atoms with Crippen molar-refractivity contribution in [1.29, 1.82) is 0 Å². The van der Waals surface area contributed by atoms with Crippen molar-refractivity contribution < 1.29 is 31.2 Å². The van der Waals surface area contributed by atoms with Crippen molar-refractivity contribution in [1.82, 2.24) is 0 Å². The lowest BCUT2D eigenvalue weighted by atomic mass is 10.1. The second-order valence-electron chi connectivity index (χ2n) is 7.51. The quantitative estimate of drug-likeness (QED) is 0.300. The summed E-state index contributed by atoms with van der Waals surface area (Å²) < 4.78 is 35.5. The van der Waals surface area contributed by atoms with Gasteiger partial charge >= 0.3 is 30.4 Å². The van der Waals surface area contributed by atoms with Gasteiger partial charge in [-0.05, 0) is 56.4 Å². The molecule has 0 saturated carbocycles. The number of para-hydroxylation sites is 1. The summed E-state index contributed by atoms with van der Waals surface area (Å²) in [7, 11) is -4.07. The summed E-state index contributed by atoms with van der Waals surface area (Å²) in [4.78, 5) is 0.165. The Morgan fingerprint density at radius 3 is 1.71 bits per heavy atom. The third-order valence-electron chi connectivity index (χ3n) is 5.20. The molecule has 0 aliphatic carbocycles. The van der Waals surface area contributed by atoms with Gasteiger partial charge in [0.2, 0.25) is 0 Å². The van der Waals surface area contributed by atoms with Gasteiger partial charge in [0.05, 0.1) is 0 Å². The normalized spacial score (nSPS) is 11.6. The largest absolute Gasteiger partial charge is 0.355 e. The molecule has 169 valence electrons. The molecule has 5 aromatic rings. The molecule has 6 heteroatoms. The third-order valence-corrected chi connectivity index (χ3v) is 12.6. The molecule has 1 radical (unpaired) electrons. The number of halogens is 1. The summed E-state index contributed by atoms with van der Waals surface area (Å²) in [5.41, 5.74) is 1.59. The Labute approximate surface area is 207 Å². The third kappa shape index (κ3) is 4.84. The van der Waals surface area contributed by atoms with E-state index in [-0.39, 0.29) is 4.90 Å². The highest BCUT2D eigenvalue weighted by atomic mass is 127. The van der Waals surface area contributed by atoms with Crippen LogP contribution in [0.15, 0.2) is 132 Å². The lowest BCUT2D eigenvalue weighted by Gasteiger charge is -2.13. The van der Waals surface area contributed by atoms with E-state index >= 15 is 0 Å². The lowest BCUT2D eigenvalue weighted by molar-refractivity contribution is -1.03. The van der Waals surface area contributed by atoms with Crippen LogP contribution in [0.25, 0.3) is 10.8 Å². The first-order chi connectivity index (χ1) is 16.6. The highest BCUT2D eigenvalue weighted by molar-refractivity contribution is 7.86. The molecule has 0 fully saturated rings. The molecule has 5 rings (SSSR count). The smallest absolute Gasteiger partial charge is 0.336 e. The van der Waals surface area contributed by atoms with Gasteiger partial charge in [-0.25, -0.2) is 0 Å². The highest BCUT2D eigenvalue weighted by Crippen LogP contribution is 2.32. The van der Waals surface area contributed by atoms with Crippen LogP contribution in [0.5, 0.6) is 0 Å². The molecular formula is C28H22INO3S+. The maximum atomic E-state index is 13.8. The van der Waals surface area contributed by atoms with Gasteiger partial charge in [0, 0.05) is 16.8 Å². The van der Waals surface area contributed by atoms with Gasteiger partial charge < -0.3 is 5.32 Å². The number of anilines is 2. The summed E-state index contributed by atoms with van der Waals surface area (Å²) in [5, 5.41) is 4.81. The predicted molar refractivity (Wildman–Crippen MR) is 132 cm³/mol. The van der Waals surface area contributed by atoms with Crippen LogP contribution in [0.2, 0.25) is 0 Å². The Bertz CT molecular complexity index is 1460. The van der Waals surface area contributed by atoms with Crippen molar-refractivity contribution >= 4 is 32.3 Å². The fourth-order valence-corrected chi connectivity index (χ4v) is 10.9. The van der Waals surface area contributed by atoms with Gasteiger partial charge in [-0.2, -0.15) is 8.42 Å². The van der Waals surface area contributed by atoms with Gasteiger partial charge in [0.1, 0.15) is 4.90 Å². The van der Waals surface area contributed by atoms with Crippen LogP contribution in [0, 0.1) is 7.14 Å². The Hall–Kier alpha value is -3.20. The summed E-state index contributed by atoms with van der Waals surface area (Å²) in [6, 6.07) is 40.0. The van der Waals surface area contributed by atoms with E-state index in [2.05, 4.69) is 5.32 Å². The second-order valence-corrected chi connectivity index (χ2v) is 14.0. The van der Waals surface area contributed by atoms with E-state index in [1.54, 1.807) is 12.1 Å². The van der Waals surface area contributed by atoms with Crippen molar-refractivity contribution in [2.75, 3.05) is 5.32 Å². The van der Waals surface area contributed by atoms with Gasteiger partial charge in [-0.1, -0.05) is 78.9 Å². The van der Waals surface area contributed by atoms with E-state index in [4.69, 9.17) is 2.51 Å². The van der Waals surface area contributed by atoms with Crippen LogP contribution in [-0.4, -0.2) is 8.42 Å². The van der Waals surface area contributed by atoms with Gasteiger partial charge in [0.15, 0.2) is 7.14 Å². The summed E-state index contributed by atoms with van der Waals surface area (Å²) >= 11 is -2.74. The molecule has 0 saturated heterocycles. The number of nitrogens with one attached hydrogen (secondary N) is 1. The first kappa shape index (κ1) is 22.6. The first-order valence-corrected chi connectivity index (χ1v) is 15.2. The number of rotatable bonds is 7. The standard InChI is InChI=1S/C28H22INO3S/c31-34(32,33-29(23-14-4-1-5-15-23)24-16-6-2-7-17-24)27-21-11-13-22-12-10-20-26(28(22)27)30-25-18-8-3-9-19-25/h1-21,30H/q+1. The van der Waals surface area contributed by atoms with E-state index in [0.29, 0.717) is 11.1 Å². The number of hydrogen-bond acceptors (Lipinski definition) is 4. The highest BCUT2D eigenvalue weighted by Gasteiger charge is 2.38. The SMILES string of the molecule is O=S(=O)(O[I+](c1ccccc1)c1ccccc1)c1cccc2cccc(Nc3ccccc3)c12. The van der Waals surface area contributed by atoms with E-state index in [9.17, 15) is 8.42 Å². The Balaban J connectivity index is 1.61. The second kappa shape index (κ2) is 9.97. The van der Waals surface area contributed by atoms with E-state index < -0.39 is 30.4 Å². The van der Waals surface area contributed by atoms with Crippen LogP contribution in [0.3, 0.4) is 0 Å². The molecule has 0 aromatic heterocycles. The maximum absolute atomic E-state index is 13.8. The van der Waals surface area contributed by atoms with Gasteiger partial charge in [-0.3, -0.25) is 0 Å². The van der Waals surface area contributed by atoms with Gasteiger partial charge in [0.25, 0.3) is 0 Å². The molecule has 5 aromatic carbocycles. The van der Waals surface area contributed by atoms with Gasteiger partial charge in [-0.15, -0.1) is 0 Å². The number of hydrogen-bond donors (Lipinski definition) is 1. The maximum Gasteiger partial charge on any atom is 0.336 e. The van der Waals surface area contributed by atoms with E-state index in [0.717, 1.165) is 18.2 Å². The Kier molecular flexibility index (Phi) is 6.62. The van der Waals surface area contributed by atoms with Crippen LogP contribution in [-0.2, 0) is 12.6 Å². The fraction of sp³-hybridized carbons (Fsp3) is 0. The molecule has 4 nitrogen and oxygen atoms in total. The van der Waals surface area contributed by atoms with E-state index in [1.807, 2.05) is 115 Å². The molecule has 0 heterocycles. The first-order valence-electron chi connectivity index (χ1n) is 10.7. The lowest BCUT2D eigenvalue weighted by Crippen LogP contribution is -3.85. The van der Waals surface area contributed by atoms with Crippen LogP contribution < -0.4 is 25.6 Å². The van der Waals surface area contributed by atoms with Crippen molar-refractivity contribution in [3.8, 4) is 0 Å². The molecule has 0 bridgehead atoms. The van der Waals surface area contributed by atoms with E-state index in [1.165, 1.54) is 0 Å². The monoisotopic (exact) mass is 579 g/mol. The molecule has 34 heavy (non-hydrogen) atoms. The van der Waals surface area contributed by atoms with Crippen molar-refractivity contribution in [3.05, 3.63) is 135 Å². The molecule has 0 unspecified atom stereocenters. The minimum Gasteiger partial charge on any atom is -0.355 e. The summed E-state index contributed by atoms with van der Waals surface area (Å²) in [5.74, 6) is 0. The molecular weight excluding hydrogens is 557 g/mol. The molecule has 0 aliphatic rings. The zero-order valence-electron chi connectivity index (χ0n) is 18.1. The Morgan fingerprint density at radius 2 is 1.12 bits per heavy atom. The minimum atomic E-state index is -4.07. The van der Waals surface area contributed by atoms with Crippen molar-refractivity contribution in [2.45, 2.75) is 4.90 Å². The molecule has 0 amide bonds. The number of fused-ring (bicyclic) bond motifs is 1. The average molecular weight is 579 g/mol. The average Bonchev–Trinajstić information content (AvgIpc) is 2.89. The molecule has 0 spiro atoms. The predicted octanol–water partition coefficient (Wildman–Crippen LogP) is 3.57. The number of benzene rings is 5. The van der Waals surface area contributed by atoms with Crippen LogP contribution in [0.4, 0.5) is 11.4 Å². The fourth-order valence-electron chi connectivity index (χ4n) is 3.67. The Morgan fingerprint density at radius 1 is 0.588 bits per heavy atom. The minimum absolute atomic E-state index is 0.165. The summed E-state index contributed by atoms with van der Waals surface area (Å²) in [6.07, 6.45) is 0. The molecule has 0 atom stereocenters. The van der Waals surface area contributed by atoms with Crippen molar-refractivity contribution in [3.63, 3.8) is 0 Å². The topological polar surface area (TPSA) is 55.4 Å². The van der Waals surface area contributed by atoms with Crippen LogP contribution in [0.1, 0.15) is 0 Å². The zero-order valence-corrected chi connectivity index (χ0v) is 21.1. The zero-order chi connectivity index (χ0) is 23.4. The molecule has 1 N–H and O–H groups in total. The summed E-state index contributed by atoms with van der Waals surface area (Å²) in [6.45, 7) is 0. The van der Waals surface area contributed by atoms with Crippen molar-refractivity contribution in [2.24, 2.45) is 0 Å².